The van der Waals surface area contributed by atoms with Gasteiger partial charge in [0, 0.05) is 29.0 Å². The first-order valence-electron chi connectivity index (χ1n) is 6.33. The van der Waals surface area contributed by atoms with Crippen molar-refractivity contribution in [1.29, 1.82) is 0 Å². The van der Waals surface area contributed by atoms with Crippen LogP contribution in [0, 0.1) is 5.92 Å². The highest BCUT2D eigenvalue weighted by Gasteiger charge is 2.22. The van der Waals surface area contributed by atoms with Gasteiger partial charge in [0.2, 0.25) is 0 Å². The Morgan fingerprint density at radius 1 is 1.50 bits per heavy atom. The van der Waals surface area contributed by atoms with Gasteiger partial charge in [-0.15, -0.1) is 11.6 Å². The summed E-state index contributed by atoms with van der Waals surface area (Å²) in [7, 11) is 1.73. The number of likely N-dealkylation sites (tertiary alicyclic amines) is 1. The van der Waals surface area contributed by atoms with Crippen molar-refractivity contribution in [3.05, 3.63) is 28.2 Å². The molecule has 0 spiro atoms. The lowest BCUT2D eigenvalue weighted by Crippen LogP contribution is -2.20. The van der Waals surface area contributed by atoms with Crippen molar-refractivity contribution in [2.24, 2.45) is 5.92 Å². The van der Waals surface area contributed by atoms with Gasteiger partial charge < -0.3 is 4.74 Å². The summed E-state index contributed by atoms with van der Waals surface area (Å²) in [5.41, 5.74) is 1.25. The highest BCUT2D eigenvalue weighted by Crippen LogP contribution is 2.27. The summed E-state index contributed by atoms with van der Waals surface area (Å²) in [6.07, 6.45) is 2.40. The number of rotatable bonds is 5. The molecular weight excluding hydrogens is 314 g/mol. The van der Waals surface area contributed by atoms with Gasteiger partial charge in [0.15, 0.2) is 0 Å². The second kappa shape index (κ2) is 6.78. The predicted molar refractivity (Wildman–Crippen MR) is 79.4 cm³/mol. The van der Waals surface area contributed by atoms with Crippen LogP contribution in [0.25, 0.3) is 0 Å². The molecule has 1 atom stereocenters. The van der Waals surface area contributed by atoms with E-state index in [4.69, 9.17) is 16.3 Å². The molecule has 0 radical (unpaired) electrons. The second-order valence-corrected chi connectivity index (χ2v) is 6.12. The first kappa shape index (κ1) is 14.2. The van der Waals surface area contributed by atoms with E-state index in [2.05, 4.69) is 26.9 Å². The first-order valence-corrected chi connectivity index (χ1v) is 7.66. The van der Waals surface area contributed by atoms with Crippen LogP contribution in [-0.2, 0) is 6.54 Å². The minimum Gasteiger partial charge on any atom is -0.496 e. The second-order valence-electron chi connectivity index (χ2n) is 4.82. The molecule has 0 aliphatic carbocycles. The van der Waals surface area contributed by atoms with Gasteiger partial charge in [0.1, 0.15) is 5.75 Å². The Bertz CT molecular complexity index is 399. The molecule has 1 heterocycles. The lowest BCUT2D eigenvalue weighted by atomic mass is 10.1. The summed E-state index contributed by atoms with van der Waals surface area (Å²) in [4.78, 5) is 2.49. The average Bonchev–Trinajstić information content (AvgIpc) is 2.77. The fraction of sp³-hybridized carbons (Fsp3) is 0.571. The monoisotopic (exact) mass is 331 g/mol. The Morgan fingerprint density at radius 3 is 3.06 bits per heavy atom. The molecular formula is C14H19BrClNO. The summed E-state index contributed by atoms with van der Waals surface area (Å²) in [6, 6.07) is 6.18. The van der Waals surface area contributed by atoms with E-state index in [0.717, 1.165) is 48.1 Å². The van der Waals surface area contributed by atoms with Crippen molar-refractivity contribution in [2.75, 3.05) is 26.1 Å². The highest BCUT2D eigenvalue weighted by molar-refractivity contribution is 9.10. The SMILES string of the molecule is COc1ccc(Br)cc1CN1CCC(CCCl)C1. The lowest BCUT2D eigenvalue weighted by Gasteiger charge is -2.18. The van der Waals surface area contributed by atoms with Gasteiger partial charge in [-0.3, -0.25) is 4.90 Å². The first-order chi connectivity index (χ1) is 8.72. The average molecular weight is 333 g/mol. The van der Waals surface area contributed by atoms with Crippen LogP contribution < -0.4 is 4.74 Å². The van der Waals surface area contributed by atoms with Crippen LogP contribution in [0.2, 0.25) is 0 Å². The number of hydrogen-bond donors (Lipinski definition) is 0. The zero-order chi connectivity index (χ0) is 13.0. The van der Waals surface area contributed by atoms with Crippen LogP contribution in [0.5, 0.6) is 5.75 Å². The van der Waals surface area contributed by atoms with Gasteiger partial charge in [-0.25, -0.2) is 0 Å². The van der Waals surface area contributed by atoms with E-state index in [1.54, 1.807) is 7.11 Å². The quantitative estimate of drug-likeness (QED) is 0.758. The molecule has 0 bridgehead atoms. The fourth-order valence-corrected chi connectivity index (χ4v) is 3.28. The van der Waals surface area contributed by atoms with Gasteiger partial charge >= 0.3 is 0 Å². The number of methoxy groups -OCH3 is 1. The molecule has 1 unspecified atom stereocenters. The van der Waals surface area contributed by atoms with Crippen molar-refractivity contribution in [3.63, 3.8) is 0 Å². The maximum Gasteiger partial charge on any atom is 0.123 e. The largest absolute Gasteiger partial charge is 0.496 e. The standard InChI is InChI=1S/C14H19BrClNO/c1-18-14-3-2-13(15)8-12(14)10-17-7-5-11(9-17)4-6-16/h2-3,8,11H,4-7,9-10H2,1H3. The number of benzene rings is 1. The molecule has 0 aromatic heterocycles. The maximum absolute atomic E-state index is 5.81. The lowest BCUT2D eigenvalue weighted by molar-refractivity contribution is 0.307. The van der Waals surface area contributed by atoms with Crippen molar-refractivity contribution >= 4 is 27.5 Å². The summed E-state index contributed by atoms with van der Waals surface area (Å²) >= 11 is 9.33. The Labute approximate surface area is 122 Å². The zero-order valence-electron chi connectivity index (χ0n) is 10.7. The van der Waals surface area contributed by atoms with Crippen LogP contribution in [-0.4, -0.2) is 31.0 Å². The third kappa shape index (κ3) is 3.62. The highest BCUT2D eigenvalue weighted by atomic mass is 79.9. The van der Waals surface area contributed by atoms with Crippen molar-refractivity contribution in [3.8, 4) is 5.75 Å². The molecule has 0 amide bonds. The molecule has 2 rings (SSSR count). The fourth-order valence-electron chi connectivity index (χ4n) is 2.56. The van der Waals surface area contributed by atoms with Crippen LogP contribution in [0.15, 0.2) is 22.7 Å². The molecule has 1 fully saturated rings. The molecule has 4 heteroatoms. The van der Waals surface area contributed by atoms with Gasteiger partial charge in [-0.05, 0) is 43.5 Å². The topological polar surface area (TPSA) is 12.5 Å². The number of halogens is 2. The summed E-state index contributed by atoms with van der Waals surface area (Å²) < 4.78 is 6.52. The molecule has 1 aromatic carbocycles. The molecule has 0 saturated carbocycles. The van der Waals surface area contributed by atoms with E-state index < -0.39 is 0 Å². The molecule has 1 aromatic rings. The molecule has 18 heavy (non-hydrogen) atoms. The van der Waals surface area contributed by atoms with Crippen LogP contribution in [0.4, 0.5) is 0 Å². The smallest absolute Gasteiger partial charge is 0.123 e. The minimum absolute atomic E-state index is 0.764. The van der Waals surface area contributed by atoms with Crippen molar-refractivity contribution in [1.82, 2.24) is 4.90 Å². The number of hydrogen-bond acceptors (Lipinski definition) is 2. The third-order valence-electron chi connectivity index (χ3n) is 3.52. The van der Waals surface area contributed by atoms with E-state index >= 15 is 0 Å². The molecule has 100 valence electrons. The number of alkyl halides is 1. The predicted octanol–water partition coefficient (Wildman–Crippen LogP) is 3.91. The Kier molecular flexibility index (Phi) is 5.34. The van der Waals surface area contributed by atoms with Crippen LogP contribution >= 0.6 is 27.5 Å². The van der Waals surface area contributed by atoms with Crippen molar-refractivity contribution < 1.29 is 4.74 Å². The molecule has 1 aliphatic rings. The molecule has 1 saturated heterocycles. The van der Waals surface area contributed by atoms with E-state index in [1.807, 2.05) is 12.1 Å². The van der Waals surface area contributed by atoms with E-state index in [0.29, 0.717) is 0 Å². The maximum atomic E-state index is 5.81. The Balaban J connectivity index is 1.99. The molecule has 2 nitrogen and oxygen atoms in total. The minimum atomic E-state index is 0.764. The number of nitrogens with zero attached hydrogens (tertiary/aromatic N) is 1. The van der Waals surface area contributed by atoms with Gasteiger partial charge in [0.25, 0.3) is 0 Å². The van der Waals surface area contributed by atoms with E-state index in [1.165, 1.54) is 12.0 Å². The van der Waals surface area contributed by atoms with E-state index in [9.17, 15) is 0 Å². The Hall–Kier alpha value is -0.250. The van der Waals surface area contributed by atoms with Gasteiger partial charge in [-0.2, -0.15) is 0 Å². The Morgan fingerprint density at radius 2 is 2.33 bits per heavy atom. The van der Waals surface area contributed by atoms with Gasteiger partial charge in [-0.1, -0.05) is 15.9 Å². The normalized spacial score (nSPS) is 20.3. The summed E-state index contributed by atoms with van der Waals surface area (Å²) in [5.74, 6) is 2.51. The third-order valence-corrected chi connectivity index (χ3v) is 4.24. The summed E-state index contributed by atoms with van der Waals surface area (Å²) in [5, 5.41) is 0. The van der Waals surface area contributed by atoms with Crippen LogP contribution in [0.1, 0.15) is 18.4 Å². The van der Waals surface area contributed by atoms with Crippen molar-refractivity contribution in [2.45, 2.75) is 19.4 Å². The molecule has 1 aliphatic heterocycles. The number of ether oxygens (including phenoxy) is 1. The summed E-state index contributed by atoms with van der Waals surface area (Å²) in [6.45, 7) is 3.28. The van der Waals surface area contributed by atoms with Crippen LogP contribution in [0.3, 0.4) is 0 Å². The zero-order valence-corrected chi connectivity index (χ0v) is 13.0. The van der Waals surface area contributed by atoms with E-state index in [-0.39, 0.29) is 0 Å². The van der Waals surface area contributed by atoms with Gasteiger partial charge in [0.05, 0.1) is 7.11 Å². The molecule has 0 N–H and O–H groups in total.